The fraction of sp³-hybridized carbons (Fsp3) is 0.435. The molecule has 1 atom stereocenters. The molecule has 6 heteroatoms. The highest BCUT2D eigenvalue weighted by Crippen LogP contribution is 2.27. The van der Waals surface area contributed by atoms with E-state index in [4.69, 9.17) is 14.2 Å². The van der Waals surface area contributed by atoms with Crippen molar-refractivity contribution in [2.75, 3.05) is 33.4 Å². The fourth-order valence-electron chi connectivity index (χ4n) is 3.27. The van der Waals surface area contributed by atoms with E-state index in [9.17, 15) is 0 Å². The van der Waals surface area contributed by atoms with Crippen LogP contribution < -0.4 is 20.1 Å². The van der Waals surface area contributed by atoms with Crippen LogP contribution in [0, 0.1) is 6.92 Å². The first-order valence-corrected chi connectivity index (χ1v) is 10.2. The Balaban J connectivity index is 1.49. The van der Waals surface area contributed by atoms with Gasteiger partial charge in [-0.1, -0.05) is 30.3 Å². The number of nitrogens with one attached hydrogen (secondary N) is 2. The van der Waals surface area contributed by atoms with E-state index in [1.54, 1.807) is 7.05 Å². The zero-order valence-corrected chi connectivity index (χ0v) is 17.5. The van der Waals surface area contributed by atoms with Gasteiger partial charge < -0.3 is 24.8 Å². The molecule has 1 aliphatic heterocycles. The van der Waals surface area contributed by atoms with Gasteiger partial charge in [-0.05, 0) is 37.1 Å². The molecule has 3 rings (SSSR count). The van der Waals surface area contributed by atoms with E-state index in [0.717, 1.165) is 29.4 Å². The van der Waals surface area contributed by atoms with Gasteiger partial charge in [0.1, 0.15) is 24.2 Å². The number of benzene rings is 2. The van der Waals surface area contributed by atoms with Crippen LogP contribution in [0.2, 0.25) is 0 Å². The van der Waals surface area contributed by atoms with Crippen molar-refractivity contribution in [3.05, 3.63) is 59.2 Å². The van der Waals surface area contributed by atoms with Crippen LogP contribution in [0.25, 0.3) is 0 Å². The van der Waals surface area contributed by atoms with E-state index in [0.29, 0.717) is 32.9 Å². The molecule has 1 aliphatic rings. The lowest BCUT2D eigenvalue weighted by atomic mass is 10.1. The van der Waals surface area contributed by atoms with Crippen molar-refractivity contribution in [3.63, 3.8) is 0 Å². The van der Waals surface area contributed by atoms with E-state index >= 15 is 0 Å². The van der Waals surface area contributed by atoms with Crippen LogP contribution in [0.5, 0.6) is 11.5 Å². The zero-order valence-electron chi connectivity index (χ0n) is 17.5. The normalized spacial score (nSPS) is 15.6. The zero-order chi connectivity index (χ0) is 20.5. The van der Waals surface area contributed by atoms with Gasteiger partial charge in [0, 0.05) is 32.2 Å². The van der Waals surface area contributed by atoms with Crippen LogP contribution in [0.15, 0.2) is 47.5 Å². The summed E-state index contributed by atoms with van der Waals surface area (Å²) in [5, 5.41) is 6.72. The Morgan fingerprint density at radius 3 is 2.83 bits per heavy atom. The second-order valence-electron chi connectivity index (χ2n) is 7.01. The Bertz CT molecular complexity index is 798. The van der Waals surface area contributed by atoms with Crippen LogP contribution in [-0.4, -0.2) is 45.5 Å². The molecule has 0 spiro atoms. The van der Waals surface area contributed by atoms with Crippen LogP contribution in [0.1, 0.15) is 23.6 Å². The van der Waals surface area contributed by atoms with Crippen molar-refractivity contribution < 1.29 is 14.2 Å². The summed E-state index contributed by atoms with van der Waals surface area (Å²) in [5.41, 5.74) is 3.51. The lowest BCUT2D eigenvalue weighted by Crippen LogP contribution is -2.42. The number of aryl methyl sites for hydroxylation is 1. The maximum absolute atomic E-state index is 5.98. The first-order valence-electron chi connectivity index (χ1n) is 10.2. The number of guanidine groups is 1. The molecule has 0 amide bonds. The number of ether oxygens (including phenoxy) is 3. The Morgan fingerprint density at radius 2 is 2.03 bits per heavy atom. The highest BCUT2D eigenvalue weighted by molar-refractivity contribution is 5.79. The number of fused-ring (bicyclic) bond motifs is 1. The third-order valence-corrected chi connectivity index (χ3v) is 4.79. The first kappa shape index (κ1) is 21.0. The molecule has 1 unspecified atom stereocenters. The molecule has 0 saturated heterocycles. The molecular formula is C23H31N3O3. The minimum absolute atomic E-state index is 0.114. The topological polar surface area (TPSA) is 64.1 Å². The summed E-state index contributed by atoms with van der Waals surface area (Å²) in [6.45, 7) is 7.18. The summed E-state index contributed by atoms with van der Waals surface area (Å²) in [6.07, 6.45) is 1.03. The molecule has 0 saturated carbocycles. The minimum Gasteiger partial charge on any atom is -0.491 e. The number of nitrogens with zero attached hydrogens (tertiary/aromatic N) is 1. The fourth-order valence-corrected chi connectivity index (χ4v) is 3.27. The highest BCUT2D eigenvalue weighted by Gasteiger charge is 2.22. The van der Waals surface area contributed by atoms with Crippen LogP contribution in [0.4, 0.5) is 0 Å². The third-order valence-electron chi connectivity index (χ3n) is 4.79. The Kier molecular flexibility index (Phi) is 7.76. The largest absolute Gasteiger partial charge is 0.491 e. The van der Waals surface area contributed by atoms with E-state index < -0.39 is 0 Å². The average molecular weight is 398 g/mol. The summed E-state index contributed by atoms with van der Waals surface area (Å²) < 4.78 is 17.3. The average Bonchev–Trinajstić information content (AvgIpc) is 3.15. The van der Waals surface area contributed by atoms with Gasteiger partial charge in [-0.15, -0.1) is 0 Å². The summed E-state index contributed by atoms with van der Waals surface area (Å²) >= 11 is 0. The van der Waals surface area contributed by atoms with Crippen molar-refractivity contribution in [3.8, 4) is 11.5 Å². The van der Waals surface area contributed by atoms with Crippen molar-refractivity contribution in [1.82, 2.24) is 10.6 Å². The molecule has 29 heavy (non-hydrogen) atoms. The lowest BCUT2D eigenvalue weighted by Gasteiger charge is -2.17. The molecule has 0 bridgehead atoms. The van der Waals surface area contributed by atoms with E-state index in [2.05, 4.69) is 46.8 Å². The van der Waals surface area contributed by atoms with E-state index in [1.165, 1.54) is 11.1 Å². The number of aliphatic imine (C=N–C) groups is 1. The Morgan fingerprint density at radius 1 is 1.17 bits per heavy atom. The molecule has 1 heterocycles. The maximum Gasteiger partial charge on any atom is 0.191 e. The Hall–Kier alpha value is -2.73. The van der Waals surface area contributed by atoms with Crippen molar-refractivity contribution in [2.45, 2.75) is 32.9 Å². The van der Waals surface area contributed by atoms with Gasteiger partial charge in [-0.2, -0.15) is 0 Å². The second kappa shape index (κ2) is 10.7. The smallest absolute Gasteiger partial charge is 0.191 e. The van der Waals surface area contributed by atoms with Gasteiger partial charge >= 0.3 is 0 Å². The quantitative estimate of drug-likeness (QED) is 0.387. The lowest BCUT2D eigenvalue weighted by molar-refractivity contribution is 0.110. The monoisotopic (exact) mass is 397 g/mol. The number of rotatable bonds is 9. The van der Waals surface area contributed by atoms with Gasteiger partial charge in [-0.3, -0.25) is 4.99 Å². The number of para-hydroxylation sites is 1. The molecule has 2 aromatic rings. The molecule has 0 radical (unpaired) electrons. The summed E-state index contributed by atoms with van der Waals surface area (Å²) in [4.78, 5) is 4.32. The SMILES string of the molecule is CCOCCOc1cc(C)ccc1CNC(=NC)NCC1Cc2ccccc2O1. The molecule has 2 N–H and O–H groups in total. The molecule has 0 aliphatic carbocycles. The highest BCUT2D eigenvalue weighted by atomic mass is 16.5. The molecule has 6 nitrogen and oxygen atoms in total. The summed E-state index contributed by atoms with van der Waals surface area (Å²) in [6, 6.07) is 14.4. The van der Waals surface area contributed by atoms with Crippen molar-refractivity contribution >= 4 is 5.96 Å². The van der Waals surface area contributed by atoms with E-state index in [1.807, 2.05) is 25.1 Å². The predicted molar refractivity (Wildman–Crippen MR) is 116 cm³/mol. The molecule has 2 aromatic carbocycles. The number of hydrogen-bond acceptors (Lipinski definition) is 4. The summed E-state index contributed by atoms with van der Waals surface area (Å²) in [7, 11) is 1.77. The van der Waals surface area contributed by atoms with Gasteiger partial charge in [0.15, 0.2) is 5.96 Å². The van der Waals surface area contributed by atoms with E-state index in [-0.39, 0.29) is 6.10 Å². The van der Waals surface area contributed by atoms with Gasteiger partial charge in [0.05, 0.1) is 13.2 Å². The van der Waals surface area contributed by atoms with Crippen LogP contribution in [0.3, 0.4) is 0 Å². The summed E-state index contributed by atoms with van der Waals surface area (Å²) in [5.74, 6) is 2.60. The molecule has 0 fully saturated rings. The second-order valence-corrected chi connectivity index (χ2v) is 7.01. The number of hydrogen-bond donors (Lipinski definition) is 2. The van der Waals surface area contributed by atoms with Gasteiger partial charge in [0.25, 0.3) is 0 Å². The predicted octanol–water partition coefficient (Wildman–Crippen LogP) is 3.08. The van der Waals surface area contributed by atoms with Gasteiger partial charge in [0.2, 0.25) is 0 Å². The maximum atomic E-state index is 5.98. The molecule has 156 valence electrons. The van der Waals surface area contributed by atoms with Gasteiger partial charge in [-0.25, -0.2) is 0 Å². The first-order chi connectivity index (χ1) is 14.2. The molecular weight excluding hydrogens is 366 g/mol. The van der Waals surface area contributed by atoms with Crippen molar-refractivity contribution in [2.24, 2.45) is 4.99 Å². The van der Waals surface area contributed by atoms with Crippen molar-refractivity contribution in [1.29, 1.82) is 0 Å². The standard InChI is InChI=1S/C23H31N3O3/c1-4-27-11-12-28-22-13-17(2)9-10-19(22)15-25-23(24-3)26-16-20-14-18-7-5-6-8-21(18)29-20/h5-10,13,20H,4,11-12,14-16H2,1-3H3,(H2,24,25,26). The third kappa shape index (κ3) is 6.12. The molecule has 0 aromatic heterocycles. The minimum atomic E-state index is 0.114. The van der Waals surface area contributed by atoms with Crippen LogP contribution >= 0.6 is 0 Å². The van der Waals surface area contributed by atoms with Crippen LogP contribution in [-0.2, 0) is 17.7 Å². The Labute approximate surface area is 173 Å².